The topological polar surface area (TPSA) is 12.4 Å². The maximum atomic E-state index is 4.43. The van der Waals surface area contributed by atoms with Crippen LogP contribution in [0.25, 0.3) is 0 Å². The predicted octanol–water partition coefficient (Wildman–Crippen LogP) is 4.09. The fourth-order valence-corrected chi connectivity index (χ4v) is 2.74. The van der Waals surface area contributed by atoms with Crippen LogP contribution >= 0.6 is 11.8 Å². The fraction of sp³-hybridized carbons (Fsp3) is 0.917. The highest BCUT2D eigenvalue weighted by molar-refractivity contribution is 8.13. The van der Waals surface area contributed by atoms with Crippen LogP contribution in [0.15, 0.2) is 4.99 Å². The van der Waals surface area contributed by atoms with Crippen molar-refractivity contribution in [2.24, 2.45) is 22.7 Å². The van der Waals surface area contributed by atoms with E-state index in [4.69, 9.17) is 0 Å². The van der Waals surface area contributed by atoms with Crippen molar-refractivity contribution in [3.05, 3.63) is 0 Å². The van der Waals surface area contributed by atoms with Crippen molar-refractivity contribution in [3.8, 4) is 0 Å². The summed E-state index contributed by atoms with van der Waals surface area (Å²) in [5.41, 5.74) is 0. The minimum atomic E-state index is 0.657. The van der Waals surface area contributed by atoms with Gasteiger partial charge in [-0.2, -0.15) is 0 Å². The second-order valence-electron chi connectivity index (χ2n) is 4.11. The molecule has 0 radical (unpaired) electrons. The van der Waals surface area contributed by atoms with Gasteiger partial charge in [0, 0.05) is 13.0 Å². The van der Waals surface area contributed by atoms with E-state index in [-0.39, 0.29) is 0 Å². The number of aliphatic imine (C=N–C) groups is 1. The Labute approximate surface area is 93.8 Å². The summed E-state index contributed by atoms with van der Waals surface area (Å²) in [6.45, 7) is 11.4. The van der Waals surface area contributed by atoms with E-state index in [1.165, 1.54) is 11.5 Å². The van der Waals surface area contributed by atoms with Gasteiger partial charge in [0.15, 0.2) is 0 Å². The van der Waals surface area contributed by atoms with Crippen LogP contribution in [0.2, 0.25) is 0 Å². The molecular weight excluding hydrogens is 190 g/mol. The number of hydrogen-bond acceptors (Lipinski definition) is 2. The lowest BCUT2D eigenvalue weighted by Gasteiger charge is -2.26. The molecule has 14 heavy (non-hydrogen) atoms. The van der Waals surface area contributed by atoms with Gasteiger partial charge in [0.05, 0.1) is 5.04 Å². The summed E-state index contributed by atoms with van der Waals surface area (Å²) >= 11 is 1.90. The van der Waals surface area contributed by atoms with Gasteiger partial charge in [-0.05, 0) is 24.0 Å². The molecule has 0 N–H and O–H groups in total. The van der Waals surface area contributed by atoms with Gasteiger partial charge in [-0.15, -0.1) is 11.8 Å². The predicted molar refractivity (Wildman–Crippen MR) is 69.3 cm³/mol. The van der Waals surface area contributed by atoms with Crippen LogP contribution in [0, 0.1) is 17.8 Å². The van der Waals surface area contributed by atoms with Gasteiger partial charge < -0.3 is 0 Å². The molecule has 0 rings (SSSR count). The van der Waals surface area contributed by atoms with Crippen LogP contribution in [0.1, 0.15) is 41.0 Å². The molecule has 0 amide bonds. The normalized spacial score (nSPS) is 17.2. The molecule has 0 saturated carbocycles. The third-order valence-corrected chi connectivity index (χ3v) is 4.03. The number of nitrogens with zero attached hydrogens (tertiary/aromatic N) is 1. The minimum absolute atomic E-state index is 0.657. The van der Waals surface area contributed by atoms with Crippen LogP contribution in [0.4, 0.5) is 0 Å². The Morgan fingerprint density at radius 1 is 1.21 bits per heavy atom. The van der Waals surface area contributed by atoms with Crippen molar-refractivity contribution in [2.45, 2.75) is 41.0 Å². The molecule has 0 fully saturated rings. The van der Waals surface area contributed by atoms with Crippen LogP contribution < -0.4 is 0 Å². The number of hydrogen-bond donors (Lipinski definition) is 0. The molecule has 0 aliphatic rings. The van der Waals surface area contributed by atoms with Gasteiger partial charge in [-0.1, -0.05) is 34.6 Å². The first-order valence-corrected chi connectivity index (χ1v) is 6.66. The first-order valence-electron chi connectivity index (χ1n) is 5.67. The zero-order chi connectivity index (χ0) is 11.1. The van der Waals surface area contributed by atoms with Gasteiger partial charge >= 0.3 is 0 Å². The first-order chi connectivity index (χ1) is 6.58. The second kappa shape index (κ2) is 7.33. The largest absolute Gasteiger partial charge is 0.286 e. The zero-order valence-corrected chi connectivity index (χ0v) is 11.3. The van der Waals surface area contributed by atoms with Crippen LogP contribution in [0.5, 0.6) is 0 Å². The Kier molecular flexibility index (Phi) is 7.34. The van der Waals surface area contributed by atoms with Crippen molar-refractivity contribution >= 4 is 16.8 Å². The molecule has 2 atom stereocenters. The van der Waals surface area contributed by atoms with E-state index in [1.807, 2.05) is 18.8 Å². The van der Waals surface area contributed by atoms with E-state index in [9.17, 15) is 0 Å². The number of thioether (sulfide) groups is 1. The Morgan fingerprint density at radius 2 is 1.79 bits per heavy atom. The van der Waals surface area contributed by atoms with Crippen LogP contribution in [0.3, 0.4) is 0 Å². The summed E-state index contributed by atoms with van der Waals surface area (Å²) < 4.78 is 0. The van der Waals surface area contributed by atoms with E-state index in [1.54, 1.807) is 0 Å². The third-order valence-electron chi connectivity index (χ3n) is 2.96. The lowest BCUT2D eigenvalue weighted by atomic mass is 9.84. The molecule has 0 aromatic rings. The molecule has 0 aliphatic heterocycles. The summed E-state index contributed by atoms with van der Waals surface area (Å²) in [7, 11) is 1.92. The zero-order valence-electron chi connectivity index (χ0n) is 10.5. The average Bonchev–Trinajstić information content (AvgIpc) is 2.17. The summed E-state index contributed by atoms with van der Waals surface area (Å²) in [5.74, 6) is 3.27. The summed E-state index contributed by atoms with van der Waals surface area (Å²) in [5, 5.41) is 1.34. The maximum absolute atomic E-state index is 4.43. The molecule has 0 aromatic carbocycles. The quantitative estimate of drug-likeness (QED) is 0.497. The molecule has 0 bridgehead atoms. The molecule has 0 aromatic heterocycles. The Hall–Kier alpha value is 0.0200. The van der Waals surface area contributed by atoms with Crippen molar-refractivity contribution in [1.82, 2.24) is 0 Å². The van der Waals surface area contributed by atoms with E-state index < -0.39 is 0 Å². The van der Waals surface area contributed by atoms with Crippen molar-refractivity contribution < 1.29 is 0 Å². The van der Waals surface area contributed by atoms with E-state index in [0.717, 1.165) is 17.6 Å². The van der Waals surface area contributed by atoms with Gasteiger partial charge in [0.1, 0.15) is 0 Å². The third kappa shape index (κ3) is 4.04. The van der Waals surface area contributed by atoms with Crippen molar-refractivity contribution in [1.29, 1.82) is 0 Å². The molecule has 2 unspecified atom stereocenters. The molecule has 0 saturated heterocycles. The summed E-state index contributed by atoms with van der Waals surface area (Å²) in [4.78, 5) is 4.43. The highest BCUT2D eigenvalue weighted by atomic mass is 32.2. The highest BCUT2D eigenvalue weighted by Crippen LogP contribution is 2.28. The van der Waals surface area contributed by atoms with Crippen molar-refractivity contribution in [2.75, 3.05) is 12.8 Å². The van der Waals surface area contributed by atoms with Gasteiger partial charge in [0.25, 0.3) is 0 Å². The van der Waals surface area contributed by atoms with E-state index >= 15 is 0 Å². The lowest BCUT2D eigenvalue weighted by molar-refractivity contribution is 0.337. The Morgan fingerprint density at radius 3 is 2.07 bits per heavy atom. The smallest absolute Gasteiger partial charge is 0.0706 e. The molecule has 84 valence electrons. The first kappa shape index (κ1) is 14.0. The molecular formula is C12H25NS. The summed E-state index contributed by atoms with van der Waals surface area (Å²) in [6.07, 6.45) is 1.21. The standard InChI is InChI=1S/C12H25NS/c1-7-11(10(5)9(3)4)12(13-6)14-8-2/h9-11H,7-8H2,1-6H3. The van der Waals surface area contributed by atoms with Crippen molar-refractivity contribution in [3.63, 3.8) is 0 Å². The molecule has 1 nitrogen and oxygen atoms in total. The molecule has 0 heterocycles. The van der Waals surface area contributed by atoms with Crippen LogP contribution in [-0.4, -0.2) is 17.8 Å². The second-order valence-corrected chi connectivity index (χ2v) is 5.40. The Bertz CT molecular complexity index is 175. The van der Waals surface area contributed by atoms with Gasteiger partial charge in [0.2, 0.25) is 0 Å². The lowest BCUT2D eigenvalue weighted by Crippen LogP contribution is -2.23. The average molecular weight is 215 g/mol. The van der Waals surface area contributed by atoms with E-state index in [0.29, 0.717) is 5.92 Å². The SMILES string of the molecule is CCSC(=NC)C(CC)C(C)C(C)C. The monoisotopic (exact) mass is 215 g/mol. The highest BCUT2D eigenvalue weighted by Gasteiger charge is 2.23. The minimum Gasteiger partial charge on any atom is -0.286 e. The van der Waals surface area contributed by atoms with E-state index in [2.05, 4.69) is 39.6 Å². The van der Waals surface area contributed by atoms with Gasteiger partial charge in [-0.3, -0.25) is 4.99 Å². The van der Waals surface area contributed by atoms with Crippen LogP contribution in [-0.2, 0) is 0 Å². The number of rotatable bonds is 5. The Balaban J connectivity index is 4.51. The summed E-state index contributed by atoms with van der Waals surface area (Å²) in [6, 6.07) is 0. The maximum Gasteiger partial charge on any atom is 0.0706 e. The fourth-order valence-electron chi connectivity index (χ4n) is 1.72. The molecule has 0 aliphatic carbocycles. The van der Waals surface area contributed by atoms with Gasteiger partial charge in [-0.25, -0.2) is 0 Å². The molecule has 2 heteroatoms. The molecule has 0 spiro atoms.